The number of halogens is 1. The quantitative estimate of drug-likeness (QED) is 0.254. The van der Waals surface area contributed by atoms with E-state index in [2.05, 4.69) is 56.4 Å². The Morgan fingerprint density at radius 2 is 1.92 bits per heavy atom. The van der Waals surface area contributed by atoms with Crippen molar-refractivity contribution in [1.29, 1.82) is 0 Å². The van der Waals surface area contributed by atoms with Crippen molar-refractivity contribution in [1.82, 2.24) is 0 Å². The molecule has 0 radical (unpaired) electrons. The normalized spacial score (nSPS) is 36.8. The van der Waals surface area contributed by atoms with Gasteiger partial charge in [-0.25, -0.2) is 0 Å². The van der Waals surface area contributed by atoms with Crippen molar-refractivity contribution in [2.24, 2.45) is 41.4 Å². The largest absolute Gasteiger partial charge is 0.348 e. The van der Waals surface area contributed by atoms with E-state index in [-0.39, 0.29) is 5.92 Å². The summed E-state index contributed by atoms with van der Waals surface area (Å²) in [7, 11) is 0. The van der Waals surface area contributed by atoms with Crippen LogP contribution in [0.2, 0.25) is 0 Å². The number of alkyl halides is 1. The summed E-state index contributed by atoms with van der Waals surface area (Å²) in [6.45, 7) is 10.5. The number of allylic oxidation sites excluding steroid dienone is 2. The van der Waals surface area contributed by atoms with Crippen LogP contribution in [0.4, 0.5) is 0 Å². The van der Waals surface area contributed by atoms with Gasteiger partial charge in [-0.1, -0.05) is 55.0 Å². The molecule has 25 heavy (non-hydrogen) atoms. The van der Waals surface area contributed by atoms with Gasteiger partial charge in [0.2, 0.25) is 0 Å². The van der Waals surface area contributed by atoms with Gasteiger partial charge in [0.05, 0.1) is 13.2 Å². The highest BCUT2D eigenvalue weighted by atomic mass is 127. The zero-order chi connectivity index (χ0) is 18.2. The van der Waals surface area contributed by atoms with Crippen LogP contribution in [0.1, 0.15) is 47.0 Å². The number of rotatable bonds is 5. The second-order valence-corrected chi connectivity index (χ2v) is 9.74. The van der Waals surface area contributed by atoms with Crippen molar-refractivity contribution in [3.05, 3.63) is 11.6 Å². The third kappa shape index (κ3) is 3.86. The van der Waals surface area contributed by atoms with E-state index in [0.717, 1.165) is 19.1 Å². The van der Waals surface area contributed by atoms with E-state index in [0.29, 0.717) is 48.7 Å². The summed E-state index contributed by atoms with van der Waals surface area (Å²) in [6.07, 6.45) is 6.67. The number of hydrogen-bond acceptors (Lipinski definition) is 3. The Balaban J connectivity index is 1.97. The van der Waals surface area contributed by atoms with E-state index < -0.39 is 5.79 Å². The Bertz CT molecular complexity index is 509. The molecule has 6 atom stereocenters. The molecule has 3 nitrogen and oxygen atoms in total. The average molecular weight is 460 g/mol. The maximum atomic E-state index is 11.6. The Morgan fingerprint density at radius 3 is 2.48 bits per heavy atom. The molecule has 1 aliphatic heterocycles. The molecule has 2 aliphatic carbocycles. The van der Waals surface area contributed by atoms with Crippen molar-refractivity contribution >= 4 is 28.9 Å². The minimum absolute atomic E-state index is 0.0531. The fourth-order valence-electron chi connectivity index (χ4n) is 5.62. The molecular formula is C21H33IO3. The monoisotopic (exact) mass is 460 g/mol. The molecule has 1 saturated heterocycles. The second-order valence-electron chi connectivity index (χ2n) is 8.86. The molecule has 1 spiro atoms. The molecule has 4 heteroatoms. The predicted octanol–water partition coefficient (Wildman–Crippen LogP) is 4.88. The van der Waals surface area contributed by atoms with Gasteiger partial charge in [-0.15, -0.1) is 0 Å². The number of carbonyl (C=O) groups is 1. The van der Waals surface area contributed by atoms with Crippen LogP contribution < -0.4 is 0 Å². The van der Waals surface area contributed by atoms with Gasteiger partial charge >= 0.3 is 0 Å². The van der Waals surface area contributed by atoms with Gasteiger partial charge in [-0.2, -0.15) is 0 Å². The molecule has 0 unspecified atom stereocenters. The first kappa shape index (κ1) is 19.8. The molecule has 0 aromatic heterocycles. The highest BCUT2D eigenvalue weighted by molar-refractivity contribution is 14.1. The van der Waals surface area contributed by atoms with E-state index >= 15 is 0 Å². The van der Waals surface area contributed by atoms with Crippen LogP contribution in [0.5, 0.6) is 0 Å². The molecule has 0 aromatic rings. The number of carbonyl (C=O) groups excluding carboxylic acids is 1. The number of hydrogen-bond donors (Lipinski definition) is 0. The lowest BCUT2D eigenvalue weighted by molar-refractivity contribution is -0.216. The Kier molecular flexibility index (Phi) is 6.32. The Morgan fingerprint density at radius 1 is 1.24 bits per heavy atom. The number of fused-ring (bicyclic) bond motifs is 1. The third-order valence-corrected chi connectivity index (χ3v) is 7.97. The zero-order valence-corrected chi connectivity index (χ0v) is 18.2. The Labute approximate surface area is 166 Å². The fraction of sp³-hybridized carbons (Fsp3) is 0.857. The van der Waals surface area contributed by atoms with Gasteiger partial charge < -0.3 is 14.3 Å². The lowest BCUT2D eigenvalue weighted by Gasteiger charge is -2.52. The van der Waals surface area contributed by atoms with Gasteiger partial charge in [0.15, 0.2) is 5.79 Å². The molecule has 0 bridgehead atoms. The predicted molar refractivity (Wildman–Crippen MR) is 109 cm³/mol. The van der Waals surface area contributed by atoms with Crippen molar-refractivity contribution in [3.8, 4) is 0 Å². The van der Waals surface area contributed by atoms with Crippen LogP contribution in [0.15, 0.2) is 11.6 Å². The van der Waals surface area contributed by atoms with Gasteiger partial charge in [0.25, 0.3) is 0 Å². The molecule has 3 rings (SSSR count). The summed E-state index contributed by atoms with van der Waals surface area (Å²) in [5.74, 6) is 3.04. The molecule has 2 fully saturated rings. The topological polar surface area (TPSA) is 35.5 Å². The van der Waals surface area contributed by atoms with E-state index in [1.54, 1.807) is 0 Å². The molecule has 3 aliphatic rings. The average Bonchev–Trinajstić information content (AvgIpc) is 3.02. The van der Waals surface area contributed by atoms with E-state index in [1.165, 1.54) is 16.4 Å². The van der Waals surface area contributed by atoms with Gasteiger partial charge in [-0.05, 0) is 48.9 Å². The van der Waals surface area contributed by atoms with Crippen LogP contribution >= 0.6 is 22.6 Å². The van der Waals surface area contributed by atoms with Crippen molar-refractivity contribution in [2.45, 2.75) is 52.7 Å². The number of ether oxygens (including phenoxy) is 2. The van der Waals surface area contributed by atoms with Crippen LogP contribution in [0.25, 0.3) is 0 Å². The molecule has 142 valence electrons. The first-order valence-corrected chi connectivity index (χ1v) is 11.4. The van der Waals surface area contributed by atoms with Crippen molar-refractivity contribution in [3.63, 3.8) is 0 Å². The highest BCUT2D eigenvalue weighted by Crippen LogP contribution is 2.55. The summed E-state index contributed by atoms with van der Waals surface area (Å²) >= 11 is 2.57. The molecular weight excluding hydrogens is 427 g/mol. The fourth-order valence-corrected chi connectivity index (χ4v) is 7.29. The SMILES string of the molecule is CC1=C[C@@H]2[C@H]([C@H](C)C=O)CC3(C[C@@H]2[C@H]([C@H](CI)C(C)C)C1)OCCO3. The smallest absolute Gasteiger partial charge is 0.169 e. The molecule has 1 saturated carbocycles. The number of aldehydes is 1. The third-order valence-electron chi connectivity index (χ3n) is 6.95. The van der Waals surface area contributed by atoms with Gasteiger partial charge in [-0.3, -0.25) is 0 Å². The maximum absolute atomic E-state index is 11.6. The van der Waals surface area contributed by atoms with Crippen LogP contribution in [-0.4, -0.2) is 29.7 Å². The first-order chi connectivity index (χ1) is 11.9. The summed E-state index contributed by atoms with van der Waals surface area (Å²) in [5, 5.41) is 0. The minimum Gasteiger partial charge on any atom is -0.348 e. The first-order valence-electron chi connectivity index (χ1n) is 9.87. The van der Waals surface area contributed by atoms with Crippen LogP contribution in [0.3, 0.4) is 0 Å². The summed E-state index contributed by atoms with van der Waals surface area (Å²) in [6, 6.07) is 0. The maximum Gasteiger partial charge on any atom is 0.169 e. The van der Waals surface area contributed by atoms with Crippen molar-refractivity contribution < 1.29 is 14.3 Å². The zero-order valence-electron chi connectivity index (χ0n) is 16.0. The standard InChI is InChI=1S/C21H33IO3/c1-13(2)20(11-22)17-8-14(3)7-16-18(15(4)12-23)9-21(10-19(16)17)24-5-6-25-21/h7,12-13,15-20H,5-6,8-11H2,1-4H3/t15-,16-,17-,18+,19+,20-/m1/s1. The Hall–Kier alpha value is 0.0600. The summed E-state index contributed by atoms with van der Waals surface area (Å²) in [4.78, 5) is 11.6. The van der Waals surface area contributed by atoms with E-state index in [1.807, 2.05) is 0 Å². The molecule has 1 heterocycles. The minimum atomic E-state index is -0.437. The highest BCUT2D eigenvalue weighted by Gasteiger charge is 2.54. The second kappa shape index (κ2) is 7.97. The van der Waals surface area contributed by atoms with Crippen molar-refractivity contribution in [2.75, 3.05) is 17.6 Å². The van der Waals surface area contributed by atoms with E-state index in [9.17, 15) is 4.79 Å². The lowest BCUT2D eigenvalue weighted by Crippen LogP contribution is -2.51. The van der Waals surface area contributed by atoms with Gasteiger partial charge in [0.1, 0.15) is 6.29 Å². The van der Waals surface area contributed by atoms with Gasteiger partial charge in [0, 0.05) is 23.2 Å². The lowest BCUT2D eigenvalue weighted by atomic mass is 9.56. The molecule has 0 amide bonds. The molecule has 0 N–H and O–H groups in total. The summed E-state index contributed by atoms with van der Waals surface area (Å²) in [5.41, 5.74) is 1.51. The van der Waals surface area contributed by atoms with Crippen LogP contribution in [0, 0.1) is 41.4 Å². The summed E-state index contributed by atoms with van der Waals surface area (Å²) < 4.78 is 13.5. The van der Waals surface area contributed by atoms with Crippen LogP contribution in [-0.2, 0) is 14.3 Å². The molecule has 0 aromatic carbocycles. The van der Waals surface area contributed by atoms with E-state index in [4.69, 9.17) is 9.47 Å².